The molecule has 5 heterocycles. The Labute approximate surface area is 199 Å². The van der Waals surface area contributed by atoms with E-state index in [2.05, 4.69) is 45.0 Å². The van der Waals surface area contributed by atoms with Crippen molar-refractivity contribution in [2.45, 2.75) is 25.9 Å². The van der Waals surface area contributed by atoms with Crippen molar-refractivity contribution in [3.05, 3.63) is 53.8 Å². The number of fused-ring (bicyclic) bond motifs is 2. The first-order chi connectivity index (χ1) is 16.5. The number of nitrogens with zero attached hydrogens (tertiary/aromatic N) is 3. The van der Waals surface area contributed by atoms with Gasteiger partial charge in [0.2, 0.25) is 0 Å². The molecule has 0 saturated carbocycles. The van der Waals surface area contributed by atoms with Crippen molar-refractivity contribution in [2.24, 2.45) is 0 Å². The molecule has 3 aliphatic rings. The summed E-state index contributed by atoms with van der Waals surface area (Å²) in [4.78, 5) is 10.4. The number of hydrogen-bond acceptors (Lipinski definition) is 6. The van der Waals surface area contributed by atoms with Crippen LogP contribution in [0.4, 0.5) is 4.39 Å². The van der Waals surface area contributed by atoms with Crippen molar-refractivity contribution in [1.82, 2.24) is 25.0 Å². The third kappa shape index (κ3) is 4.00. The quantitative estimate of drug-likeness (QED) is 0.614. The Morgan fingerprint density at radius 2 is 1.97 bits per heavy atom. The topological polar surface area (TPSA) is 59.9 Å². The molecule has 8 heteroatoms. The smallest absolute Gasteiger partial charge is 0.138 e. The van der Waals surface area contributed by atoms with Crippen molar-refractivity contribution in [3.63, 3.8) is 0 Å². The Morgan fingerprint density at radius 3 is 2.79 bits per heavy atom. The lowest BCUT2D eigenvalue weighted by atomic mass is 10.0. The average Bonchev–Trinajstić information content (AvgIpc) is 3.45. The van der Waals surface area contributed by atoms with Gasteiger partial charge in [-0.05, 0) is 38.1 Å². The summed E-state index contributed by atoms with van der Waals surface area (Å²) in [6.07, 6.45) is 4.10. The molecule has 6 rings (SSSR count). The van der Waals surface area contributed by atoms with Gasteiger partial charge in [-0.2, -0.15) is 0 Å². The number of aromatic amines is 1. The van der Waals surface area contributed by atoms with Crippen LogP contribution in [0.25, 0.3) is 27.9 Å². The van der Waals surface area contributed by atoms with Crippen LogP contribution < -0.4 is 5.32 Å². The zero-order chi connectivity index (χ0) is 23.3. The second-order valence-corrected chi connectivity index (χ2v) is 10.2. The average molecular weight is 466 g/mol. The number of furan rings is 1. The van der Waals surface area contributed by atoms with E-state index in [-0.39, 0.29) is 11.4 Å². The van der Waals surface area contributed by atoms with Crippen LogP contribution in [0.3, 0.4) is 0 Å². The van der Waals surface area contributed by atoms with Crippen LogP contribution in [0.2, 0.25) is 0 Å². The lowest BCUT2D eigenvalue weighted by Gasteiger charge is -2.42. The number of benzene rings is 1. The predicted octanol–water partition coefficient (Wildman–Crippen LogP) is 3.65. The van der Waals surface area contributed by atoms with Gasteiger partial charge in [-0.3, -0.25) is 4.90 Å². The van der Waals surface area contributed by atoms with Crippen molar-refractivity contribution in [1.29, 1.82) is 0 Å². The van der Waals surface area contributed by atoms with Gasteiger partial charge in [-0.25, -0.2) is 4.39 Å². The van der Waals surface area contributed by atoms with Gasteiger partial charge in [0, 0.05) is 67.1 Å². The molecule has 180 valence electrons. The number of nitrogens with one attached hydrogen (secondary N) is 2. The lowest BCUT2D eigenvalue weighted by Crippen LogP contribution is -2.58. The van der Waals surface area contributed by atoms with Crippen LogP contribution in [-0.2, 0) is 11.3 Å². The van der Waals surface area contributed by atoms with Crippen molar-refractivity contribution < 1.29 is 13.5 Å². The summed E-state index contributed by atoms with van der Waals surface area (Å²) in [5.41, 5.74) is 3.71. The number of morpholine rings is 1. The minimum Gasteiger partial charge on any atom is -0.458 e. The van der Waals surface area contributed by atoms with E-state index in [0.29, 0.717) is 31.1 Å². The predicted molar refractivity (Wildman–Crippen MR) is 130 cm³/mol. The Hall–Kier alpha value is -2.81. The molecule has 2 fully saturated rings. The molecule has 0 radical (unpaired) electrons. The molecular formula is C26H32FN5O2. The summed E-state index contributed by atoms with van der Waals surface area (Å²) in [6, 6.07) is 7.21. The Balaban J connectivity index is 1.36. The molecule has 0 spiro atoms. The minimum atomic E-state index is -0.269. The molecule has 3 aromatic rings. The maximum absolute atomic E-state index is 15.0. The van der Waals surface area contributed by atoms with E-state index in [9.17, 15) is 0 Å². The highest BCUT2D eigenvalue weighted by molar-refractivity contribution is 5.94. The highest BCUT2D eigenvalue weighted by Crippen LogP contribution is 2.39. The first-order valence-corrected chi connectivity index (χ1v) is 12.1. The fourth-order valence-electron chi connectivity index (χ4n) is 5.49. The first kappa shape index (κ1) is 21.7. The normalized spacial score (nSPS) is 21.1. The molecule has 34 heavy (non-hydrogen) atoms. The van der Waals surface area contributed by atoms with Gasteiger partial charge in [0.25, 0.3) is 0 Å². The number of piperazine rings is 1. The van der Waals surface area contributed by atoms with E-state index in [1.807, 2.05) is 18.3 Å². The summed E-state index contributed by atoms with van der Waals surface area (Å²) in [7, 11) is 0. The maximum atomic E-state index is 15.0. The monoisotopic (exact) mass is 465 g/mol. The second-order valence-electron chi connectivity index (χ2n) is 10.2. The van der Waals surface area contributed by atoms with E-state index >= 15 is 4.39 Å². The van der Waals surface area contributed by atoms with E-state index in [1.54, 1.807) is 6.07 Å². The zero-order valence-corrected chi connectivity index (χ0v) is 19.9. The molecule has 3 aliphatic heterocycles. The van der Waals surface area contributed by atoms with Crippen molar-refractivity contribution in [2.75, 3.05) is 52.6 Å². The number of H-pyrrole nitrogens is 1. The van der Waals surface area contributed by atoms with Crippen molar-refractivity contribution in [3.8, 4) is 11.3 Å². The summed E-state index contributed by atoms with van der Waals surface area (Å²) < 4.78 is 27.0. The zero-order valence-electron chi connectivity index (χ0n) is 19.9. The molecule has 0 amide bonds. The van der Waals surface area contributed by atoms with Crippen LogP contribution in [0.5, 0.6) is 0 Å². The van der Waals surface area contributed by atoms with E-state index in [0.717, 1.165) is 67.3 Å². The molecule has 0 aliphatic carbocycles. The maximum Gasteiger partial charge on any atom is 0.138 e. The van der Waals surface area contributed by atoms with Gasteiger partial charge >= 0.3 is 0 Å². The molecule has 0 unspecified atom stereocenters. The summed E-state index contributed by atoms with van der Waals surface area (Å²) in [5, 5.41) is 4.42. The Morgan fingerprint density at radius 1 is 1.12 bits per heavy atom. The largest absolute Gasteiger partial charge is 0.458 e. The van der Waals surface area contributed by atoms with Gasteiger partial charge in [0.15, 0.2) is 0 Å². The van der Waals surface area contributed by atoms with Crippen LogP contribution in [-0.4, -0.2) is 77.8 Å². The van der Waals surface area contributed by atoms with Gasteiger partial charge in [0.05, 0.1) is 37.7 Å². The fourth-order valence-corrected chi connectivity index (χ4v) is 5.49. The van der Waals surface area contributed by atoms with Gasteiger partial charge in [0.1, 0.15) is 17.3 Å². The molecule has 7 nitrogen and oxygen atoms in total. The SMILES string of the molecule is CC1(C)CN(CN2C=C(N3CCOCC3)c3cc(-c4c(F)ccc5[nH]ccc45)oc3C2)CCN1. The molecule has 2 saturated heterocycles. The first-order valence-electron chi connectivity index (χ1n) is 12.1. The van der Waals surface area contributed by atoms with E-state index in [4.69, 9.17) is 9.15 Å². The number of ether oxygens (including phenoxy) is 1. The standard InChI is InChI=1S/C26H32FN5O2/c1-26(2)16-30(8-7-29-26)17-31-14-22(32-9-11-33-12-10-32)19-13-23(34-24(19)15-31)25-18-5-6-28-21(18)4-3-20(25)27/h3-6,13-14,28-29H,7-12,15-17H2,1-2H3. The molecule has 0 atom stereocenters. The van der Waals surface area contributed by atoms with Crippen molar-refractivity contribution >= 4 is 16.6 Å². The number of hydrogen-bond donors (Lipinski definition) is 2. The fraction of sp³-hybridized carbons (Fsp3) is 0.462. The van der Waals surface area contributed by atoms with Gasteiger partial charge in [-0.15, -0.1) is 0 Å². The molecular weight excluding hydrogens is 433 g/mol. The summed E-state index contributed by atoms with van der Waals surface area (Å²) in [6.45, 7) is 12.1. The third-order valence-corrected chi connectivity index (χ3v) is 7.05. The lowest BCUT2D eigenvalue weighted by molar-refractivity contribution is 0.0614. The Kier molecular flexibility index (Phi) is 5.39. The summed E-state index contributed by atoms with van der Waals surface area (Å²) >= 11 is 0. The van der Waals surface area contributed by atoms with Crippen LogP contribution >= 0.6 is 0 Å². The molecule has 0 bridgehead atoms. The number of halogens is 1. The summed E-state index contributed by atoms with van der Waals surface area (Å²) in [5.74, 6) is 1.20. The van der Waals surface area contributed by atoms with Crippen LogP contribution in [0.15, 0.2) is 41.1 Å². The highest BCUT2D eigenvalue weighted by atomic mass is 19.1. The second kappa shape index (κ2) is 8.45. The van der Waals surface area contributed by atoms with Crippen LogP contribution in [0, 0.1) is 5.82 Å². The molecule has 2 N–H and O–H groups in total. The van der Waals surface area contributed by atoms with Gasteiger partial charge < -0.3 is 29.3 Å². The highest BCUT2D eigenvalue weighted by Gasteiger charge is 2.31. The Bertz CT molecular complexity index is 1220. The van der Waals surface area contributed by atoms with Crippen LogP contribution in [0.1, 0.15) is 25.2 Å². The van der Waals surface area contributed by atoms with E-state index in [1.165, 1.54) is 6.07 Å². The van der Waals surface area contributed by atoms with E-state index < -0.39 is 0 Å². The number of rotatable bonds is 4. The molecule has 2 aromatic heterocycles. The minimum absolute atomic E-state index is 0.0978. The molecule has 1 aromatic carbocycles. The third-order valence-electron chi connectivity index (χ3n) is 7.05. The number of aromatic nitrogens is 1. The van der Waals surface area contributed by atoms with Gasteiger partial charge in [-0.1, -0.05) is 0 Å².